The Balaban J connectivity index is 1.44. The van der Waals surface area contributed by atoms with Crippen LogP contribution >= 0.6 is 0 Å². The molecule has 2 aromatic carbocycles. The molecule has 1 saturated heterocycles. The van der Waals surface area contributed by atoms with Gasteiger partial charge in [-0.2, -0.15) is 0 Å². The van der Waals surface area contributed by atoms with E-state index >= 15 is 0 Å². The maximum Gasteiger partial charge on any atom is 0.278 e. The highest BCUT2D eigenvalue weighted by Crippen LogP contribution is 2.33. The largest absolute Gasteiger partial charge is 0.368 e. The van der Waals surface area contributed by atoms with Gasteiger partial charge in [-0.1, -0.05) is 17.7 Å². The average Bonchev–Trinajstić information content (AvgIpc) is 2.79. The van der Waals surface area contributed by atoms with E-state index in [-0.39, 0.29) is 22.6 Å². The third-order valence-electron chi connectivity index (χ3n) is 5.87. The number of non-ortho nitro benzene ring substituents is 1. The van der Waals surface area contributed by atoms with Crippen LogP contribution in [0.4, 0.5) is 17.1 Å². The first kappa shape index (κ1) is 20.7. The summed E-state index contributed by atoms with van der Waals surface area (Å²) < 4.78 is 0. The van der Waals surface area contributed by atoms with Crippen molar-refractivity contribution in [1.29, 1.82) is 0 Å². The number of amides is 1. The van der Waals surface area contributed by atoms with Crippen molar-refractivity contribution >= 4 is 33.7 Å². The zero-order valence-corrected chi connectivity index (χ0v) is 17.6. The van der Waals surface area contributed by atoms with E-state index in [1.165, 1.54) is 0 Å². The van der Waals surface area contributed by atoms with E-state index in [1.807, 2.05) is 50.2 Å². The third kappa shape index (κ3) is 4.34. The number of hydrogen-bond acceptors (Lipinski definition) is 6. The number of anilines is 2. The van der Waals surface area contributed by atoms with Gasteiger partial charge in [0.15, 0.2) is 0 Å². The quantitative estimate of drug-likeness (QED) is 0.502. The lowest BCUT2D eigenvalue weighted by molar-refractivity contribution is -0.383. The Hall–Kier alpha value is -3.52. The molecule has 160 valence electrons. The van der Waals surface area contributed by atoms with Crippen molar-refractivity contribution in [3.63, 3.8) is 0 Å². The molecule has 31 heavy (non-hydrogen) atoms. The molecule has 0 unspecified atom stereocenters. The molecular formula is C23H25N5O3. The van der Waals surface area contributed by atoms with E-state index in [1.54, 1.807) is 18.5 Å². The molecule has 3 aromatic rings. The van der Waals surface area contributed by atoms with Crippen LogP contribution in [0.2, 0.25) is 0 Å². The van der Waals surface area contributed by atoms with Crippen molar-refractivity contribution in [1.82, 2.24) is 9.88 Å². The minimum Gasteiger partial charge on any atom is -0.368 e. The number of aromatic nitrogens is 1. The second kappa shape index (κ2) is 8.69. The van der Waals surface area contributed by atoms with Crippen LogP contribution in [0.5, 0.6) is 0 Å². The number of carbonyl (C=O) groups is 1. The Morgan fingerprint density at radius 2 is 1.77 bits per heavy atom. The van der Waals surface area contributed by atoms with E-state index in [2.05, 4.69) is 20.1 Å². The number of nitro benzene ring substituents is 1. The van der Waals surface area contributed by atoms with Crippen molar-refractivity contribution < 1.29 is 9.72 Å². The van der Waals surface area contributed by atoms with E-state index < -0.39 is 0 Å². The van der Waals surface area contributed by atoms with Crippen molar-refractivity contribution in [3.05, 3.63) is 70.5 Å². The van der Waals surface area contributed by atoms with Gasteiger partial charge in [-0.3, -0.25) is 24.8 Å². The van der Waals surface area contributed by atoms with E-state index in [0.717, 1.165) is 48.5 Å². The first-order valence-corrected chi connectivity index (χ1v) is 10.3. The number of hydrogen-bond donors (Lipinski definition) is 1. The maximum absolute atomic E-state index is 12.7. The average molecular weight is 419 g/mol. The van der Waals surface area contributed by atoms with Crippen molar-refractivity contribution in [2.24, 2.45) is 0 Å². The summed E-state index contributed by atoms with van der Waals surface area (Å²) in [6, 6.07) is 12.7. The van der Waals surface area contributed by atoms with Gasteiger partial charge < -0.3 is 10.2 Å². The highest BCUT2D eigenvalue weighted by atomic mass is 16.6. The first-order valence-electron chi connectivity index (χ1n) is 10.3. The lowest BCUT2D eigenvalue weighted by Gasteiger charge is -2.38. The molecule has 8 nitrogen and oxygen atoms in total. The van der Waals surface area contributed by atoms with E-state index in [0.29, 0.717) is 5.39 Å². The number of aryl methyl sites for hydroxylation is 1. The fourth-order valence-electron chi connectivity index (χ4n) is 3.99. The van der Waals surface area contributed by atoms with Gasteiger partial charge >= 0.3 is 0 Å². The van der Waals surface area contributed by atoms with Crippen LogP contribution in [0.15, 0.2) is 54.9 Å². The Morgan fingerprint density at radius 3 is 2.45 bits per heavy atom. The monoisotopic (exact) mass is 419 g/mol. The number of piperazine rings is 1. The number of fused-ring (bicyclic) bond motifs is 1. The molecule has 0 saturated carbocycles. The second-order valence-corrected chi connectivity index (χ2v) is 7.84. The van der Waals surface area contributed by atoms with Crippen LogP contribution in [-0.4, -0.2) is 52.9 Å². The summed E-state index contributed by atoms with van der Waals surface area (Å²) in [5, 5.41) is 15.7. The fraction of sp³-hybridized carbons (Fsp3) is 0.304. The molecule has 1 amide bonds. The lowest BCUT2D eigenvalue weighted by atomic mass is 10.1. The summed E-state index contributed by atoms with van der Waals surface area (Å²) in [7, 11) is 0. The van der Waals surface area contributed by atoms with Gasteiger partial charge in [-0.05, 0) is 38.1 Å². The Bertz CT molecular complexity index is 1110. The van der Waals surface area contributed by atoms with Crippen LogP contribution in [0.1, 0.15) is 12.5 Å². The van der Waals surface area contributed by atoms with Gasteiger partial charge in [0.25, 0.3) is 5.69 Å². The molecule has 1 aliphatic rings. The predicted molar refractivity (Wildman–Crippen MR) is 121 cm³/mol. The molecule has 1 N–H and O–H groups in total. The highest BCUT2D eigenvalue weighted by molar-refractivity contribution is 5.99. The molecule has 1 atom stereocenters. The van der Waals surface area contributed by atoms with Crippen molar-refractivity contribution in [2.45, 2.75) is 19.9 Å². The van der Waals surface area contributed by atoms with Crippen LogP contribution < -0.4 is 10.2 Å². The third-order valence-corrected chi connectivity index (χ3v) is 5.87. The first-order chi connectivity index (χ1) is 14.9. The number of pyridine rings is 1. The molecule has 0 bridgehead atoms. The second-order valence-electron chi connectivity index (χ2n) is 7.84. The van der Waals surface area contributed by atoms with Crippen LogP contribution in [0.25, 0.3) is 10.8 Å². The number of carbonyl (C=O) groups excluding carboxylic acids is 1. The van der Waals surface area contributed by atoms with Gasteiger partial charge in [-0.25, -0.2) is 0 Å². The molecule has 2 heterocycles. The zero-order chi connectivity index (χ0) is 22.0. The van der Waals surface area contributed by atoms with Gasteiger partial charge in [0.05, 0.1) is 16.4 Å². The molecule has 1 aliphatic heterocycles. The predicted octanol–water partition coefficient (Wildman–Crippen LogP) is 3.60. The summed E-state index contributed by atoms with van der Waals surface area (Å²) in [5.41, 5.74) is 2.97. The molecule has 1 fully saturated rings. The number of nitrogens with one attached hydrogen (secondary N) is 1. The van der Waals surface area contributed by atoms with Crippen molar-refractivity contribution in [2.75, 3.05) is 36.4 Å². The summed E-state index contributed by atoms with van der Waals surface area (Å²) in [5.74, 6) is -0.0239. The number of nitrogens with zero attached hydrogens (tertiary/aromatic N) is 4. The lowest BCUT2D eigenvalue weighted by Crippen LogP contribution is -2.52. The number of nitro groups is 1. The van der Waals surface area contributed by atoms with Crippen LogP contribution in [0, 0.1) is 17.0 Å². The topological polar surface area (TPSA) is 91.6 Å². The smallest absolute Gasteiger partial charge is 0.278 e. The highest BCUT2D eigenvalue weighted by Gasteiger charge is 2.27. The van der Waals surface area contributed by atoms with Crippen molar-refractivity contribution in [3.8, 4) is 0 Å². The Morgan fingerprint density at radius 1 is 1.06 bits per heavy atom. The molecular weight excluding hydrogens is 394 g/mol. The van der Waals surface area contributed by atoms with Gasteiger partial charge in [0.2, 0.25) is 5.91 Å². The van der Waals surface area contributed by atoms with Crippen LogP contribution in [-0.2, 0) is 4.79 Å². The molecule has 8 heteroatoms. The normalized spacial score (nSPS) is 15.6. The molecule has 0 radical (unpaired) electrons. The maximum atomic E-state index is 12.7. The summed E-state index contributed by atoms with van der Waals surface area (Å²) in [6.07, 6.45) is 3.20. The molecule has 0 spiro atoms. The van der Waals surface area contributed by atoms with E-state index in [9.17, 15) is 14.9 Å². The molecule has 1 aromatic heterocycles. The summed E-state index contributed by atoms with van der Waals surface area (Å²) >= 11 is 0. The molecule has 4 rings (SSSR count). The van der Waals surface area contributed by atoms with Crippen LogP contribution in [0.3, 0.4) is 0 Å². The minimum atomic E-state index is -0.375. The Kier molecular flexibility index (Phi) is 5.81. The van der Waals surface area contributed by atoms with E-state index in [4.69, 9.17) is 0 Å². The standard InChI is InChI=1S/C23H25N5O3/c1-16-3-5-18(6-4-16)25-23(29)17(2)26-11-13-27(14-12-26)21-7-8-22(28(30)31)20-15-24-10-9-19(20)21/h3-10,15,17H,11-14H2,1-2H3,(H,25,29)/t17-/m1/s1. The van der Waals surface area contributed by atoms with Gasteiger partial charge in [0, 0.05) is 61.4 Å². The zero-order valence-electron chi connectivity index (χ0n) is 17.6. The molecule has 0 aliphatic carbocycles. The fourth-order valence-corrected chi connectivity index (χ4v) is 3.99. The summed E-state index contributed by atoms with van der Waals surface area (Å²) in [6.45, 7) is 6.86. The summed E-state index contributed by atoms with van der Waals surface area (Å²) in [4.78, 5) is 32.1. The minimum absolute atomic E-state index is 0.0239. The van der Waals surface area contributed by atoms with Gasteiger partial charge in [0.1, 0.15) is 0 Å². The SMILES string of the molecule is Cc1ccc(NC(=O)[C@@H](C)N2CCN(c3ccc([N+](=O)[O-])c4cnccc34)CC2)cc1. The number of benzene rings is 2. The van der Waals surface area contributed by atoms with Gasteiger partial charge in [-0.15, -0.1) is 0 Å². The Labute approximate surface area is 180 Å². The number of rotatable bonds is 5.